The molecule has 1 N–H and O–H groups in total. The Labute approximate surface area is 192 Å². The Bertz CT molecular complexity index is 1160. The largest absolute Gasteiger partial charge is 0.492 e. The molecule has 0 unspecified atom stereocenters. The van der Waals surface area contributed by atoms with E-state index in [0.29, 0.717) is 34.2 Å². The third-order valence-corrected chi connectivity index (χ3v) is 4.87. The quantitative estimate of drug-likeness (QED) is 0.497. The number of pyridine rings is 1. The fourth-order valence-electron chi connectivity index (χ4n) is 3.24. The number of benzene rings is 1. The third-order valence-electron chi connectivity index (χ3n) is 4.64. The number of amides is 1. The summed E-state index contributed by atoms with van der Waals surface area (Å²) in [7, 11) is 4.00. The SMILES string of the molecule is CC(C)NC(=O)Cn1c(-c2cccc(Cl)c2)nc2ncc(OCCCN(C)C)cc2c1=O. The molecule has 0 bridgehead atoms. The molecule has 0 aliphatic rings. The van der Waals surface area contributed by atoms with Crippen molar-refractivity contribution in [2.24, 2.45) is 0 Å². The molecule has 0 saturated carbocycles. The number of carbonyl (C=O) groups excluding carboxylic acids is 1. The second kappa shape index (κ2) is 10.6. The summed E-state index contributed by atoms with van der Waals surface area (Å²) in [5.41, 5.74) is 0.543. The Balaban J connectivity index is 2.03. The van der Waals surface area contributed by atoms with E-state index in [9.17, 15) is 9.59 Å². The Kier molecular flexibility index (Phi) is 7.82. The molecule has 2 aromatic heterocycles. The number of nitrogens with zero attached hydrogens (tertiary/aromatic N) is 4. The van der Waals surface area contributed by atoms with Gasteiger partial charge in [-0.25, -0.2) is 9.97 Å². The van der Waals surface area contributed by atoms with Crippen molar-refractivity contribution in [2.45, 2.75) is 32.9 Å². The lowest BCUT2D eigenvalue weighted by molar-refractivity contribution is -0.122. The van der Waals surface area contributed by atoms with E-state index in [1.165, 1.54) is 4.57 Å². The van der Waals surface area contributed by atoms with Crippen LogP contribution in [0.2, 0.25) is 5.02 Å². The molecule has 0 atom stereocenters. The van der Waals surface area contributed by atoms with Gasteiger partial charge in [-0.05, 0) is 52.6 Å². The van der Waals surface area contributed by atoms with Gasteiger partial charge in [0.15, 0.2) is 5.65 Å². The standard InChI is InChI=1S/C23H28ClN5O3/c1-15(2)26-20(30)14-29-22(16-7-5-8-17(24)11-16)27-21-19(23(29)31)12-18(13-25-21)32-10-6-9-28(3)4/h5,7-8,11-13,15H,6,9-10,14H2,1-4H3,(H,26,30). The Morgan fingerprint density at radius 3 is 2.75 bits per heavy atom. The molecule has 8 nitrogen and oxygen atoms in total. The number of fused-ring (bicyclic) bond motifs is 1. The summed E-state index contributed by atoms with van der Waals surface area (Å²) in [4.78, 5) is 36.9. The van der Waals surface area contributed by atoms with Crippen LogP contribution >= 0.6 is 11.6 Å². The van der Waals surface area contributed by atoms with E-state index in [1.54, 1.807) is 36.5 Å². The fourth-order valence-corrected chi connectivity index (χ4v) is 3.43. The maximum absolute atomic E-state index is 13.4. The topological polar surface area (TPSA) is 89.3 Å². The molecule has 1 amide bonds. The first-order valence-corrected chi connectivity index (χ1v) is 10.9. The molecule has 0 spiro atoms. The number of aromatic nitrogens is 3. The van der Waals surface area contributed by atoms with Crippen molar-refractivity contribution < 1.29 is 9.53 Å². The van der Waals surface area contributed by atoms with Crippen molar-refractivity contribution in [3.63, 3.8) is 0 Å². The van der Waals surface area contributed by atoms with Crippen molar-refractivity contribution in [3.8, 4) is 17.1 Å². The van der Waals surface area contributed by atoms with Gasteiger partial charge in [-0.1, -0.05) is 23.7 Å². The van der Waals surface area contributed by atoms with Crippen LogP contribution in [-0.2, 0) is 11.3 Å². The summed E-state index contributed by atoms with van der Waals surface area (Å²) in [6.45, 7) is 4.95. The predicted molar refractivity (Wildman–Crippen MR) is 126 cm³/mol. The van der Waals surface area contributed by atoms with Gasteiger partial charge < -0.3 is 15.0 Å². The van der Waals surface area contributed by atoms with E-state index in [1.807, 2.05) is 27.9 Å². The summed E-state index contributed by atoms with van der Waals surface area (Å²) < 4.78 is 7.11. The Hall–Kier alpha value is -2.97. The molecule has 9 heteroatoms. The molecular formula is C23H28ClN5O3. The first-order valence-electron chi connectivity index (χ1n) is 10.5. The zero-order chi connectivity index (χ0) is 23.3. The highest BCUT2D eigenvalue weighted by Gasteiger charge is 2.17. The van der Waals surface area contributed by atoms with Crippen molar-refractivity contribution >= 4 is 28.5 Å². The zero-order valence-electron chi connectivity index (χ0n) is 18.8. The lowest BCUT2D eigenvalue weighted by atomic mass is 10.2. The monoisotopic (exact) mass is 457 g/mol. The first kappa shape index (κ1) is 23.7. The molecule has 0 aliphatic carbocycles. The molecule has 0 aliphatic heterocycles. The van der Waals surface area contributed by atoms with Gasteiger partial charge in [-0.15, -0.1) is 0 Å². The number of hydrogen-bond acceptors (Lipinski definition) is 6. The van der Waals surface area contributed by atoms with Crippen LogP contribution in [-0.4, -0.2) is 58.6 Å². The molecule has 0 radical (unpaired) electrons. The molecule has 1 aromatic carbocycles. The minimum Gasteiger partial charge on any atom is -0.492 e. The number of carbonyl (C=O) groups is 1. The molecule has 170 valence electrons. The lowest BCUT2D eigenvalue weighted by Crippen LogP contribution is -2.37. The molecule has 3 aromatic rings. The average molecular weight is 458 g/mol. The van der Waals surface area contributed by atoms with Crippen LogP contribution in [0.25, 0.3) is 22.4 Å². The minimum atomic E-state index is -0.366. The number of halogens is 1. The zero-order valence-corrected chi connectivity index (χ0v) is 19.5. The van der Waals surface area contributed by atoms with Crippen molar-refractivity contribution in [1.29, 1.82) is 0 Å². The van der Waals surface area contributed by atoms with Gasteiger partial charge in [0.05, 0.1) is 18.2 Å². The van der Waals surface area contributed by atoms with Crippen molar-refractivity contribution in [2.75, 3.05) is 27.2 Å². The van der Waals surface area contributed by atoms with Gasteiger partial charge in [0, 0.05) is 23.2 Å². The number of ether oxygens (including phenoxy) is 1. The molecule has 32 heavy (non-hydrogen) atoms. The molecule has 0 fully saturated rings. The van der Waals surface area contributed by atoms with Crippen LogP contribution in [0.3, 0.4) is 0 Å². The van der Waals surface area contributed by atoms with E-state index in [0.717, 1.165) is 13.0 Å². The van der Waals surface area contributed by atoms with Crippen LogP contribution < -0.4 is 15.6 Å². The summed E-state index contributed by atoms with van der Waals surface area (Å²) in [6, 6.07) is 8.58. The molecule has 0 saturated heterocycles. The highest BCUT2D eigenvalue weighted by molar-refractivity contribution is 6.30. The second-order valence-electron chi connectivity index (χ2n) is 8.11. The summed E-state index contributed by atoms with van der Waals surface area (Å²) in [5.74, 6) is 0.537. The number of nitrogens with one attached hydrogen (secondary N) is 1. The molecule has 2 heterocycles. The minimum absolute atomic E-state index is 0.0509. The fraction of sp³-hybridized carbons (Fsp3) is 0.391. The van der Waals surface area contributed by atoms with E-state index in [4.69, 9.17) is 16.3 Å². The number of hydrogen-bond donors (Lipinski definition) is 1. The van der Waals surface area contributed by atoms with Gasteiger partial charge in [-0.2, -0.15) is 0 Å². The van der Waals surface area contributed by atoms with E-state index < -0.39 is 0 Å². The second-order valence-corrected chi connectivity index (χ2v) is 8.54. The Morgan fingerprint density at radius 2 is 2.06 bits per heavy atom. The van der Waals surface area contributed by atoms with E-state index >= 15 is 0 Å². The molecule has 3 rings (SSSR count). The predicted octanol–water partition coefficient (Wildman–Crippen LogP) is 2.97. The Morgan fingerprint density at radius 1 is 1.28 bits per heavy atom. The summed E-state index contributed by atoms with van der Waals surface area (Å²) in [6.07, 6.45) is 2.40. The maximum Gasteiger partial charge on any atom is 0.263 e. The van der Waals surface area contributed by atoms with Crippen LogP contribution in [0.1, 0.15) is 20.3 Å². The highest BCUT2D eigenvalue weighted by atomic mass is 35.5. The smallest absolute Gasteiger partial charge is 0.263 e. The third kappa shape index (κ3) is 6.05. The summed E-state index contributed by atoms with van der Waals surface area (Å²) in [5, 5.41) is 3.61. The van der Waals surface area contributed by atoms with E-state index in [2.05, 4.69) is 20.2 Å². The average Bonchev–Trinajstić information content (AvgIpc) is 2.72. The normalized spacial score (nSPS) is 11.3. The van der Waals surface area contributed by atoms with Crippen LogP contribution in [0, 0.1) is 0 Å². The van der Waals surface area contributed by atoms with Crippen molar-refractivity contribution in [3.05, 3.63) is 51.9 Å². The van der Waals surface area contributed by atoms with Crippen LogP contribution in [0.4, 0.5) is 0 Å². The van der Waals surface area contributed by atoms with Crippen molar-refractivity contribution in [1.82, 2.24) is 24.8 Å². The number of rotatable bonds is 9. The van der Waals surface area contributed by atoms with E-state index in [-0.39, 0.29) is 29.7 Å². The van der Waals surface area contributed by atoms with Crippen LogP contribution in [0.5, 0.6) is 5.75 Å². The lowest BCUT2D eigenvalue weighted by Gasteiger charge is -2.15. The van der Waals surface area contributed by atoms with Gasteiger partial charge in [0.25, 0.3) is 5.56 Å². The van der Waals surface area contributed by atoms with Gasteiger partial charge in [0.2, 0.25) is 5.91 Å². The van der Waals surface area contributed by atoms with Gasteiger partial charge in [-0.3, -0.25) is 14.2 Å². The van der Waals surface area contributed by atoms with Crippen LogP contribution in [0.15, 0.2) is 41.3 Å². The molecular weight excluding hydrogens is 430 g/mol. The highest BCUT2D eigenvalue weighted by Crippen LogP contribution is 2.23. The summed E-state index contributed by atoms with van der Waals surface area (Å²) >= 11 is 6.15. The van der Waals surface area contributed by atoms with Gasteiger partial charge in [0.1, 0.15) is 18.1 Å². The first-order chi connectivity index (χ1) is 15.2. The van der Waals surface area contributed by atoms with Gasteiger partial charge >= 0.3 is 0 Å². The maximum atomic E-state index is 13.4.